The first-order chi connectivity index (χ1) is 37.8. The van der Waals surface area contributed by atoms with E-state index in [4.69, 9.17) is 9.60 Å². The van der Waals surface area contributed by atoms with Crippen LogP contribution >= 0.6 is 0 Å². The van der Waals surface area contributed by atoms with Crippen molar-refractivity contribution in [3.8, 4) is 55.6 Å². The molecule has 2 aliphatic carbocycles. The lowest BCUT2D eigenvalue weighted by Gasteiger charge is -2.29. The maximum absolute atomic E-state index is 10.1. The maximum atomic E-state index is 10.1. The van der Waals surface area contributed by atoms with E-state index in [0.717, 1.165) is 44.5 Å². The fourth-order valence-corrected chi connectivity index (χ4v) is 9.74. The Labute approximate surface area is 394 Å². The van der Waals surface area contributed by atoms with Crippen molar-refractivity contribution < 1.29 is 23.3 Å². The molecule has 0 heterocycles. The van der Waals surface area contributed by atoms with Crippen LogP contribution in [0.5, 0.6) is 0 Å². The number of rotatable bonds is 6. The number of fused-ring (bicyclic) bond motifs is 8. The molecule has 10 aromatic rings. The molecule has 12 rings (SSSR count). The zero-order valence-electron chi connectivity index (χ0n) is 51.8. The number of hydrogen-bond acceptors (Lipinski definition) is 1. The zero-order valence-corrected chi connectivity index (χ0v) is 34.8. The van der Waals surface area contributed by atoms with Gasteiger partial charge in [0.15, 0.2) is 0 Å². The van der Waals surface area contributed by atoms with E-state index in [1.54, 1.807) is 4.90 Å². The number of hydrogen-bond donors (Lipinski definition) is 0. The highest BCUT2D eigenvalue weighted by Gasteiger charge is 2.37. The zero-order chi connectivity index (χ0) is 57.2. The van der Waals surface area contributed by atoms with Crippen molar-refractivity contribution in [1.29, 1.82) is 0 Å². The third kappa shape index (κ3) is 5.84. The highest BCUT2D eigenvalue weighted by molar-refractivity contribution is 6.06. The van der Waals surface area contributed by atoms with Crippen molar-refractivity contribution in [2.45, 2.75) is 38.5 Å². The number of benzene rings is 10. The second kappa shape index (κ2) is 14.0. The molecule has 0 aromatic heterocycles. The summed E-state index contributed by atoms with van der Waals surface area (Å²) in [4.78, 5) is 1.66. The minimum Gasteiger partial charge on any atom is -0.310 e. The van der Waals surface area contributed by atoms with Crippen molar-refractivity contribution in [1.82, 2.24) is 0 Å². The van der Waals surface area contributed by atoms with Crippen molar-refractivity contribution in [3.63, 3.8) is 0 Å². The first-order valence-electron chi connectivity index (χ1n) is 29.4. The van der Waals surface area contributed by atoms with Crippen LogP contribution in [0.4, 0.5) is 17.1 Å². The van der Waals surface area contributed by atoms with E-state index in [2.05, 4.69) is 70.2 Å². The van der Waals surface area contributed by atoms with Crippen molar-refractivity contribution in [3.05, 3.63) is 234 Å². The van der Waals surface area contributed by atoms with E-state index in [9.17, 15) is 13.7 Å². The van der Waals surface area contributed by atoms with Gasteiger partial charge in [0.25, 0.3) is 0 Å². The van der Waals surface area contributed by atoms with Gasteiger partial charge >= 0.3 is 0 Å². The molecule has 10 aromatic carbocycles. The standard InChI is InChI=1S/C62H47N/c1-61(2)56-22-11-9-20-52(56)54-34-29-45(38-58(54)61)44-17-13-18-48(37-44)63(49-32-35-55-53-21-10-12-23-57(53)62(3,4)59(55)39-49)47-30-26-42(27-31-47)51-33-28-41-15-7-8-19-50(41)60(51)46-25-24-40-14-5-6-16-43(40)36-46/h5-39H,1-4H3/i5D,6D,7D,8D,14D,15D,16D,19D,24D,25D,26D,27D,28D,30D,31D,33D,36D. The fourth-order valence-electron chi connectivity index (χ4n) is 9.74. The molecule has 0 fully saturated rings. The van der Waals surface area contributed by atoms with Crippen LogP contribution < -0.4 is 4.90 Å². The third-order valence-electron chi connectivity index (χ3n) is 12.9. The van der Waals surface area contributed by atoms with Crippen molar-refractivity contribution >= 4 is 38.6 Å². The summed E-state index contributed by atoms with van der Waals surface area (Å²) in [6.07, 6.45) is 0. The Balaban J connectivity index is 1.15. The van der Waals surface area contributed by atoms with Crippen LogP contribution in [0.1, 0.15) is 73.3 Å². The molecule has 0 N–H and O–H groups in total. The average Bonchev–Trinajstić information content (AvgIpc) is 3.98. The summed E-state index contributed by atoms with van der Waals surface area (Å²) < 4.78 is 157. The summed E-state index contributed by atoms with van der Waals surface area (Å²) in [5, 5.41) is -2.06. The van der Waals surface area contributed by atoms with Gasteiger partial charge in [-0.2, -0.15) is 0 Å². The Bertz CT molecular complexity index is 4440. The predicted molar refractivity (Wildman–Crippen MR) is 268 cm³/mol. The smallest absolute Gasteiger partial charge is 0.0645 e. The lowest BCUT2D eigenvalue weighted by Crippen LogP contribution is -2.16. The lowest BCUT2D eigenvalue weighted by molar-refractivity contribution is 0.660. The summed E-state index contributed by atoms with van der Waals surface area (Å²) >= 11 is 0. The third-order valence-corrected chi connectivity index (χ3v) is 12.9. The van der Waals surface area contributed by atoms with Crippen LogP contribution in [0.3, 0.4) is 0 Å². The molecule has 0 unspecified atom stereocenters. The van der Waals surface area contributed by atoms with Gasteiger partial charge < -0.3 is 4.90 Å². The fraction of sp³-hybridized carbons (Fsp3) is 0.0968. The van der Waals surface area contributed by atoms with Crippen LogP contribution in [0, 0.1) is 0 Å². The molecule has 0 atom stereocenters. The average molecular weight is 823 g/mol. The normalized spacial score (nSPS) is 17.7. The quantitative estimate of drug-likeness (QED) is 0.161. The maximum Gasteiger partial charge on any atom is 0.0645 e. The Morgan fingerprint density at radius 1 is 0.365 bits per heavy atom. The van der Waals surface area contributed by atoms with Crippen LogP contribution in [0.2, 0.25) is 0 Å². The van der Waals surface area contributed by atoms with E-state index in [0.29, 0.717) is 11.4 Å². The highest BCUT2D eigenvalue weighted by atomic mass is 15.1. The minimum atomic E-state index is -0.851. The van der Waals surface area contributed by atoms with Crippen LogP contribution in [-0.4, -0.2) is 0 Å². The van der Waals surface area contributed by atoms with Gasteiger partial charge in [-0.3, -0.25) is 0 Å². The molecule has 2 aliphatic rings. The Morgan fingerprint density at radius 2 is 0.937 bits per heavy atom. The molecule has 0 saturated heterocycles. The Hall–Kier alpha value is -7.48. The molecule has 0 saturated carbocycles. The van der Waals surface area contributed by atoms with E-state index < -0.39 is 152 Å². The largest absolute Gasteiger partial charge is 0.310 e. The second-order valence-electron chi connectivity index (χ2n) is 17.2. The molecular formula is C62H47N. The van der Waals surface area contributed by atoms with Gasteiger partial charge in [-0.1, -0.05) is 191 Å². The Kier molecular flexibility index (Phi) is 5.27. The summed E-state index contributed by atoms with van der Waals surface area (Å²) in [5.74, 6) is 0. The predicted octanol–water partition coefficient (Wildman–Crippen LogP) is 17.1. The summed E-state index contributed by atoms with van der Waals surface area (Å²) in [7, 11) is 0. The van der Waals surface area contributed by atoms with E-state index in [-0.39, 0.29) is 11.1 Å². The second-order valence-corrected chi connectivity index (χ2v) is 17.2. The molecule has 0 spiro atoms. The van der Waals surface area contributed by atoms with Crippen molar-refractivity contribution in [2.24, 2.45) is 0 Å². The lowest BCUT2D eigenvalue weighted by atomic mass is 9.81. The first kappa shape index (κ1) is 23.7. The molecule has 63 heavy (non-hydrogen) atoms. The topological polar surface area (TPSA) is 3.24 Å². The monoisotopic (exact) mass is 822 g/mol. The van der Waals surface area contributed by atoms with Gasteiger partial charge in [0.05, 0.1) is 23.3 Å². The molecule has 1 heteroatoms. The highest BCUT2D eigenvalue weighted by Crippen LogP contribution is 2.52. The molecule has 300 valence electrons. The van der Waals surface area contributed by atoms with Crippen LogP contribution in [0.15, 0.2) is 212 Å². The number of nitrogens with zero attached hydrogens (tertiary/aromatic N) is 1. The van der Waals surface area contributed by atoms with Gasteiger partial charge in [0.1, 0.15) is 0 Å². The van der Waals surface area contributed by atoms with Gasteiger partial charge in [-0.05, 0) is 148 Å². The molecule has 0 amide bonds. The SMILES string of the molecule is [2H]c1c([2H])c(N(c2cccc(-c3ccc4c(c3)C(C)(C)c3ccccc3-4)c2)c2ccc3c(c2)C(C)(C)c2ccccc2-3)c([2H])c([2H])c1-c1c([2H])c([2H])c2c([2H])c([2H])c([2H])c([2H])c2c1-c1c([2H])c([2H])c2c([2H])c([2H])c([2H])c([2H])c2c1[2H]. The molecule has 1 nitrogen and oxygen atoms in total. The van der Waals surface area contributed by atoms with Crippen LogP contribution in [-0.2, 0) is 10.8 Å². The van der Waals surface area contributed by atoms with Crippen molar-refractivity contribution in [2.75, 3.05) is 4.90 Å². The molecule has 0 bridgehead atoms. The van der Waals surface area contributed by atoms with Crippen LogP contribution in [0.25, 0.3) is 77.2 Å². The van der Waals surface area contributed by atoms with E-state index in [1.807, 2.05) is 66.7 Å². The molecular weight excluding hydrogens is 759 g/mol. The number of anilines is 3. The minimum absolute atomic E-state index is 0.209. The molecule has 0 radical (unpaired) electrons. The summed E-state index contributed by atoms with van der Waals surface area (Å²) in [5.41, 5.74) is 7.89. The van der Waals surface area contributed by atoms with E-state index >= 15 is 0 Å². The van der Waals surface area contributed by atoms with Gasteiger partial charge in [0.2, 0.25) is 0 Å². The summed E-state index contributed by atoms with van der Waals surface area (Å²) in [6, 6.07) is 23.2. The van der Waals surface area contributed by atoms with Gasteiger partial charge in [0, 0.05) is 27.9 Å². The summed E-state index contributed by atoms with van der Waals surface area (Å²) in [6.45, 7) is 8.63. The van der Waals surface area contributed by atoms with Gasteiger partial charge in [-0.25, -0.2) is 0 Å². The molecule has 0 aliphatic heterocycles. The van der Waals surface area contributed by atoms with E-state index in [1.165, 1.54) is 11.1 Å². The van der Waals surface area contributed by atoms with Gasteiger partial charge in [-0.15, -0.1) is 0 Å². The first-order valence-corrected chi connectivity index (χ1v) is 20.9. The Morgan fingerprint density at radius 3 is 1.68 bits per heavy atom.